The molecule has 1 saturated carbocycles. The van der Waals surface area contributed by atoms with Gasteiger partial charge < -0.3 is 10.2 Å². The van der Waals surface area contributed by atoms with Crippen LogP contribution in [0.2, 0.25) is 0 Å². The first-order valence-electron chi connectivity index (χ1n) is 6.35. The molecular weight excluding hydrogens is 186 g/mol. The SMILES string of the molecule is CNCCN1CCN=C1C1CCCCC1. The van der Waals surface area contributed by atoms with Crippen molar-refractivity contribution in [3.8, 4) is 0 Å². The van der Waals surface area contributed by atoms with Crippen molar-refractivity contribution in [3.63, 3.8) is 0 Å². The molecule has 1 aliphatic carbocycles. The zero-order valence-electron chi connectivity index (χ0n) is 9.84. The van der Waals surface area contributed by atoms with Crippen molar-refractivity contribution in [1.82, 2.24) is 10.2 Å². The Morgan fingerprint density at radius 1 is 1.33 bits per heavy atom. The number of hydrogen-bond donors (Lipinski definition) is 1. The van der Waals surface area contributed by atoms with E-state index >= 15 is 0 Å². The highest BCUT2D eigenvalue weighted by molar-refractivity contribution is 5.86. The van der Waals surface area contributed by atoms with E-state index in [9.17, 15) is 0 Å². The summed E-state index contributed by atoms with van der Waals surface area (Å²) in [6.07, 6.45) is 6.98. The molecule has 0 aromatic carbocycles. The first-order chi connectivity index (χ1) is 7.42. The van der Waals surface area contributed by atoms with Crippen LogP contribution in [0.1, 0.15) is 32.1 Å². The van der Waals surface area contributed by atoms with Crippen LogP contribution in [0.25, 0.3) is 0 Å². The second kappa shape index (κ2) is 5.50. The summed E-state index contributed by atoms with van der Waals surface area (Å²) < 4.78 is 0. The summed E-state index contributed by atoms with van der Waals surface area (Å²) in [6, 6.07) is 0. The van der Waals surface area contributed by atoms with Crippen molar-refractivity contribution in [2.75, 3.05) is 33.2 Å². The molecule has 0 saturated heterocycles. The molecule has 15 heavy (non-hydrogen) atoms. The Labute approximate surface area is 92.9 Å². The van der Waals surface area contributed by atoms with E-state index in [0.29, 0.717) is 0 Å². The van der Waals surface area contributed by atoms with Gasteiger partial charge in [-0.3, -0.25) is 4.99 Å². The van der Waals surface area contributed by atoms with Gasteiger partial charge in [0, 0.05) is 25.6 Å². The van der Waals surface area contributed by atoms with Gasteiger partial charge in [0.05, 0.1) is 6.54 Å². The fourth-order valence-corrected chi connectivity index (χ4v) is 2.72. The topological polar surface area (TPSA) is 27.6 Å². The summed E-state index contributed by atoms with van der Waals surface area (Å²) in [6.45, 7) is 4.38. The predicted octanol–water partition coefficient (Wildman–Crippen LogP) is 1.50. The summed E-state index contributed by atoms with van der Waals surface area (Å²) >= 11 is 0. The van der Waals surface area contributed by atoms with Gasteiger partial charge in [-0.1, -0.05) is 19.3 Å². The summed E-state index contributed by atoms with van der Waals surface area (Å²) in [5, 5.41) is 3.22. The molecule has 1 heterocycles. The molecule has 3 nitrogen and oxygen atoms in total. The maximum atomic E-state index is 4.71. The third-order valence-electron chi connectivity index (χ3n) is 3.57. The van der Waals surface area contributed by atoms with Crippen molar-refractivity contribution in [2.24, 2.45) is 10.9 Å². The summed E-state index contributed by atoms with van der Waals surface area (Å²) in [7, 11) is 2.02. The molecule has 0 radical (unpaired) electrons. The first-order valence-corrected chi connectivity index (χ1v) is 6.35. The van der Waals surface area contributed by atoms with Crippen molar-refractivity contribution < 1.29 is 0 Å². The molecule has 0 aromatic rings. The Kier molecular flexibility index (Phi) is 4.01. The lowest BCUT2D eigenvalue weighted by molar-refractivity contribution is 0.378. The molecule has 0 amide bonds. The number of hydrogen-bond acceptors (Lipinski definition) is 3. The molecule has 0 atom stereocenters. The number of aliphatic imine (C=N–C) groups is 1. The van der Waals surface area contributed by atoms with Gasteiger partial charge in [0.2, 0.25) is 0 Å². The van der Waals surface area contributed by atoms with Gasteiger partial charge in [-0.15, -0.1) is 0 Å². The van der Waals surface area contributed by atoms with Gasteiger partial charge in [0.1, 0.15) is 5.84 Å². The molecule has 0 aromatic heterocycles. The monoisotopic (exact) mass is 209 g/mol. The van der Waals surface area contributed by atoms with E-state index in [1.807, 2.05) is 7.05 Å². The van der Waals surface area contributed by atoms with Gasteiger partial charge >= 0.3 is 0 Å². The first kappa shape index (κ1) is 10.9. The number of likely N-dealkylation sites (N-methyl/N-ethyl adjacent to an activating group) is 1. The maximum Gasteiger partial charge on any atom is 0.102 e. The lowest BCUT2D eigenvalue weighted by atomic mass is 9.88. The van der Waals surface area contributed by atoms with E-state index in [4.69, 9.17) is 4.99 Å². The van der Waals surface area contributed by atoms with Crippen molar-refractivity contribution in [2.45, 2.75) is 32.1 Å². The molecule has 0 unspecified atom stereocenters. The van der Waals surface area contributed by atoms with Crippen molar-refractivity contribution in [3.05, 3.63) is 0 Å². The Morgan fingerprint density at radius 3 is 2.87 bits per heavy atom. The third kappa shape index (κ3) is 2.71. The molecule has 86 valence electrons. The number of rotatable bonds is 4. The van der Waals surface area contributed by atoms with Crippen LogP contribution in [0.15, 0.2) is 4.99 Å². The standard InChI is InChI=1S/C12H23N3/c1-13-7-9-15-10-8-14-12(15)11-5-3-2-4-6-11/h11,13H,2-10H2,1H3. The fourth-order valence-electron chi connectivity index (χ4n) is 2.72. The fraction of sp³-hybridized carbons (Fsp3) is 0.917. The van der Waals surface area contributed by atoms with E-state index in [2.05, 4.69) is 10.2 Å². The predicted molar refractivity (Wildman–Crippen MR) is 64.4 cm³/mol. The molecule has 1 fully saturated rings. The Hall–Kier alpha value is -0.570. The average molecular weight is 209 g/mol. The van der Waals surface area contributed by atoms with Crippen LogP contribution < -0.4 is 5.32 Å². The number of amidine groups is 1. The minimum Gasteiger partial charge on any atom is -0.357 e. The Balaban J connectivity index is 1.88. The smallest absolute Gasteiger partial charge is 0.102 e. The molecule has 1 N–H and O–H groups in total. The largest absolute Gasteiger partial charge is 0.357 e. The van der Waals surface area contributed by atoms with Crippen LogP contribution in [0.4, 0.5) is 0 Å². The second-order valence-corrected chi connectivity index (χ2v) is 4.67. The molecular formula is C12H23N3. The zero-order valence-corrected chi connectivity index (χ0v) is 9.84. The number of nitrogens with one attached hydrogen (secondary N) is 1. The lowest BCUT2D eigenvalue weighted by Gasteiger charge is -2.29. The van der Waals surface area contributed by atoms with Crippen LogP contribution in [0, 0.1) is 5.92 Å². The highest BCUT2D eigenvalue weighted by Crippen LogP contribution is 2.27. The van der Waals surface area contributed by atoms with Crippen LogP contribution in [-0.4, -0.2) is 44.0 Å². The number of nitrogens with zero attached hydrogens (tertiary/aromatic N) is 2. The van der Waals surface area contributed by atoms with Crippen molar-refractivity contribution >= 4 is 5.84 Å². The minimum atomic E-state index is 0.776. The zero-order chi connectivity index (χ0) is 10.5. The van der Waals surface area contributed by atoms with Crippen LogP contribution in [0.3, 0.4) is 0 Å². The van der Waals surface area contributed by atoms with Crippen LogP contribution >= 0.6 is 0 Å². The van der Waals surface area contributed by atoms with E-state index in [0.717, 1.165) is 32.1 Å². The second-order valence-electron chi connectivity index (χ2n) is 4.67. The van der Waals surface area contributed by atoms with Gasteiger partial charge in [0.25, 0.3) is 0 Å². The molecule has 2 rings (SSSR count). The third-order valence-corrected chi connectivity index (χ3v) is 3.57. The normalized spacial score (nSPS) is 23.3. The van der Waals surface area contributed by atoms with E-state index in [-0.39, 0.29) is 0 Å². The van der Waals surface area contributed by atoms with E-state index in [1.165, 1.54) is 37.9 Å². The summed E-state index contributed by atoms with van der Waals surface area (Å²) in [4.78, 5) is 7.20. The quantitative estimate of drug-likeness (QED) is 0.760. The summed E-state index contributed by atoms with van der Waals surface area (Å²) in [5.74, 6) is 2.20. The lowest BCUT2D eigenvalue weighted by Crippen LogP contribution is -2.38. The van der Waals surface area contributed by atoms with Gasteiger partial charge in [0.15, 0.2) is 0 Å². The van der Waals surface area contributed by atoms with Gasteiger partial charge in [-0.25, -0.2) is 0 Å². The van der Waals surface area contributed by atoms with E-state index < -0.39 is 0 Å². The highest BCUT2D eigenvalue weighted by atomic mass is 15.2. The van der Waals surface area contributed by atoms with Crippen LogP contribution in [0.5, 0.6) is 0 Å². The van der Waals surface area contributed by atoms with Gasteiger partial charge in [-0.05, 0) is 19.9 Å². The van der Waals surface area contributed by atoms with Crippen molar-refractivity contribution in [1.29, 1.82) is 0 Å². The molecule has 0 bridgehead atoms. The highest BCUT2D eigenvalue weighted by Gasteiger charge is 2.26. The van der Waals surface area contributed by atoms with Crippen LogP contribution in [-0.2, 0) is 0 Å². The Morgan fingerprint density at radius 2 is 2.13 bits per heavy atom. The molecule has 0 spiro atoms. The Bertz CT molecular complexity index is 219. The molecule has 3 heteroatoms. The maximum absolute atomic E-state index is 4.71. The average Bonchev–Trinajstić information content (AvgIpc) is 2.75. The van der Waals surface area contributed by atoms with E-state index in [1.54, 1.807) is 0 Å². The minimum absolute atomic E-state index is 0.776. The molecule has 1 aliphatic heterocycles. The van der Waals surface area contributed by atoms with Gasteiger partial charge in [-0.2, -0.15) is 0 Å². The molecule has 2 aliphatic rings. The summed E-state index contributed by atoms with van der Waals surface area (Å²) in [5.41, 5.74) is 0.